The molecule has 0 spiro atoms. The lowest BCUT2D eigenvalue weighted by molar-refractivity contribution is -0.384. The van der Waals surface area contributed by atoms with Crippen LogP contribution in [0.3, 0.4) is 0 Å². The van der Waals surface area contributed by atoms with Crippen LogP contribution in [0, 0.1) is 10.1 Å². The van der Waals surface area contributed by atoms with Crippen molar-refractivity contribution in [2.24, 2.45) is 0 Å². The fraction of sp³-hybridized carbons (Fsp3) is 0.385. The van der Waals surface area contributed by atoms with Gasteiger partial charge >= 0.3 is 0 Å². The maximum atomic E-state index is 10.8. The molecule has 4 heteroatoms. The van der Waals surface area contributed by atoms with Gasteiger partial charge in [-0.3, -0.25) is 10.1 Å². The van der Waals surface area contributed by atoms with Gasteiger partial charge in [0.15, 0.2) is 0 Å². The number of benzene rings is 1. The molecule has 1 aliphatic carbocycles. The van der Waals surface area contributed by atoms with Crippen LogP contribution in [0.4, 0.5) is 5.69 Å². The van der Waals surface area contributed by atoms with Gasteiger partial charge in [0, 0.05) is 29.2 Å². The van der Waals surface area contributed by atoms with Crippen LogP contribution in [-0.2, 0) is 0 Å². The number of nitro benzene ring substituents is 1. The van der Waals surface area contributed by atoms with Crippen LogP contribution in [0.15, 0.2) is 24.4 Å². The van der Waals surface area contributed by atoms with Gasteiger partial charge < -0.3 is 4.98 Å². The summed E-state index contributed by atoms with van der Waals surface area (Å²) >= 11 is 0. The number of nitro groups is 1. The minimum Gasteiger partial charge on any atom is -0.361 e. The summed E-state index contributed by atoms with van der Waals surface area (Å²) in [5.41, 5.74) is 2.43. The number of fused-ring (bicyclic) bond motifs is 1. The number of aromatic nitrogens is 1. The zero-order valence-corrected chi connectivity index (χ0v) is 9.48. The molecule has 4 nitrogen and oxygen atoms in total. The Labute approximate surface area is 98.8 Å². The third-order valence-electron chi connectivity index (χ3n) is 3.70. The molecule has 0 atom stereocenters. The molecular weight excluding hydrogens is 216 g/mol. The number of hydrogen-bond acceptors (Lipinski definition) is 2. The highest BCUT2D eigenvalue weighted by Gasteiger charge is 2.21. The van der Waals surface area contributed by atoms with Gasteiger partial charge in [0.25, 0.3) is 5.69 Å². The zero-order chi connectivity index (χ0) is 11.8. The van der Waals surface area contributed by atoms with Crippen molar-refractivity contribution < 1.29 is 4.92 Å². The smallest absolute Gasteiger partial charge is 0.270 e. The molecule has 17 heavy (non-hydrogen) atoms. The standard InChI is InChI=1S/C13H14N2O2/c16-15(17)10-5-6-13-11(7-10)12(8-14-13)9-3-1-2-4-9/h5-9,14H,1-4H2. The molecule has 0 bridgehead atoms. The Morgan fingerprint density at radius 2 is 2.06 bits per heavy atom. The van der Waals surface area contributed by atoms with Gasteiger partial charge in [-0.15, -0.1) is 0 Å². The molecule has 0 aliphatic heterocycles. The van der Waals surface area contributed by atoms with Crippen molar-refractivity contribution >= 4 is 16.6 Å². The molecule has 0 unspecified atom stereocenters. The molecule has 0 saturated heterocycles. The molecule has 1 aromatic carbocycles. The van der Waals surface area contributed by atoms with E-state index in [2.05, 4.69) is 4.98 Å². The highest BCUT2D eigenvalue weighted by molar-refractivity contribution is 5.85. The lowest BCUT2D eigenvalue weighted by atomic mass is 9.97. The van der Waals surface area contributed by atoms with Crippen LogP contribution in [0.2, 0.25) is 0 Å². The lowest BCUT2D eigenvalue weighted by Gasteiger charge is -2.06. The van der Waals surface area contributed by atoms with Crippen LogP contribution in [0.5, 0.6) is 0 Å². The number of hydrogen-bond donors (Lipinski definition) is 1. The van der Waals surface area contributed by atoms with E-state index in [-0.39, 0.29) is 10.6 Å². The molecule has 1 fully saturated rings. The minimum atomic E-state index is -0.329. The van der Waals surface area contributed by atoms with Gasteiger partial charge in [0.1, 0.15) is 0 Å². The first-order valence-electron chi connectivity index (χ1n) is 6.01. The highest BCUT2D eigenvalue weighted by Crippen LogP contribution is 2.38. The van der Waals surface area contributed by atoms with Crippen molar-refractivity contribution in [1.82, 2.24) is 4.98 Å². The summed E-state index contributed by atoms with van der Waals surface area (Å²) in [6.07, 6.45) is 6.97. The Morgan fingerprint density at radius 3 is 2.76 bits per heavy atom. The van der Waals surface area contributed by atoms with Gasteiger partial charge in [0.2, 0.25) is 0 Å². The van der Waals surface area contributed by atoms with E-state index in [0.29, 0.717) is 5.92 Å². The third-order valence-corrected chi connectivity index (χ3v) is 3.70. The molecule has 3 rings (SSSR count). The van der Waals surface area contributed by atoms with Crippen LogP contribution >= 0.6 is 0 Å². The Hall–Kier alpha value is -1.84. The Kier molecular flexibility index (Phi) is 2.35. The van der Waals surface area contributed by atoms with Crippen molar-refractivity contribution in [3.05, 3.63) is 40.1 Å². The second kappa shape index (κ2) is 3.87. The van der Waals surface area contributed by atoms with E-state index in [4.69, 9.17) is 0 Å². The number of aromatic amines is 1. The number of non-ortho nitro benzene ring substituents is 1. The molecule has 1 heterocycles. The van der Waals surface area contributed by atoms with Crippen molar-refractivity contribution in [2.45, 2.75) is 31.6 Å². The molecule has 2 aromatic rings. The second-order valence-electron chi connectivity index (χ2n) is 4.71. The van der Waals surface area contributed by atoms with E-state index in [1.54, 1.807) is 18.2 Å². The van der Waals surface area contributed by atoms with Crippen molar-refractivity contribution in [3.8, 4) is 0 Å². The van der Waals surface area contributed by atoms with E-state index in [1.165, 1.54) is 31.2 Å². The average Bonchev–Trinajstić information content (AvgIpc) is 2.96. The predicted octanol–water partition coefficient (Wildman–Crippen LogP) is 3.73. The maximum Gasteiger partial charge on any atom is 0.270 e. The van der Waals surface area contributed by atoms with Gasteiger partial charge in [-0.05, 0) is 30.4 Å². The van der Waals surface area contributed by atoms with E-state index < -0.39 is 0 Å². The average molecular weight is 230 g/mol. The van der Waals surface area contributed by atoms with E-state index in [9.17, 15) is 10.1 Å². The monoisotopic (exact) mass is 230 g/mol. The highest BCUT2D eigenvalue weighted by atomic mass is 16.6. The van der Waals surface area contributed by atoms with Gasteiger partial charge in [-0.2, -0.15) is 0 Å². The molecule has 1 saturated carbocycles. The van der Waals surface area contributed by atoms with E-state index in [0.717, 1.165) is 10.9 Å². The Morgan fingerprint density at radius 1 is 1.29 bits per heavy atom. The topological polar surface area (TPSA) is 58.9 Å². The fourth-order valence-electron chi connectivity index (χ4n) is 2.82. The largest absolute Gasteiger partial charge is 0.361 e. The van der Waals surface area contributed by atoms with Crippen LogP contribution in [0.25, 0.3) is 10.9 Å². The van der Waals surface area contributed by atoms with Gasteiger partial charge in [-0.1, -0.05) is 12.8 Å². The number of rotatable bonds is 2. The number of nitrogens with zero attached hydrogens (tertiary/aromatic N) is 1. The van der Waals surface area contributed by atoms with Crippen LogP contribution < -0.4 is 0 Å². The summed E-state index contributed by atoms with van der Waals surface area (Å²) in [5, 5.41) is 11.8. The lowest BCUT2D eigenvalue weighted by Crippen LogP contribution is -1.91. The number of nitrogens with one attached hydrogen (secondary N) is 1. The third kappa shape index (κ3) is 1.69. The quantitative estimate of drug-likeness (QED) is 0.631. The summed E-state index contributed by atoms with van der Waals surface area (Å²) in [5.74, 6) is 0.575. The Bertz CT molecular complexity index is 568. The van der Waals surface area contributed by atoms with Gasteiger partial charge in [0.05, 0.1) is 4.92 Å². The minimum absolute atomic E-state index is 0.177. The molecule has 1 aliphatic rings. The first-order valence-corrected chi connectivity index (χ1v) is 6.01. The molecule has 0 amide bonds. The van der Waals surface area contributed by atoms with Crippen LogP contribution in [0.1, 0.15) is 37.2 Å². The van der Waals surface area contributed by atoms with Crippen molar-refractivity contribution in [1.29, 1.82) is 0 Å². The maximum absolute atomic E-state index is 10.8. The molecule has 1 aromatic heterocycles. The summed E-state index contributed by atoms with van der Waals surface area (Å²) in [6, 6.07) is 5.04. The molecular formula is C13H14N2O2. The first-order chi connectivity index (χ1) is 8.25. The fourth-order valence-corrected chi connectivity index (χ4v) is 2.82. The SMILES string of the molecule is O=[N+]([O-])c1ccc2[nH]cc(C3CCCC3)c2c1. The summed E-state index contributed by atoms with van der Waals surface area (Å²) < 4.78 is 0. The Balaban J connectivity index is 2.11. The first kappa shape index (κ1) is 10.3. The zero-order valence-electron chi connectivity index (χ0n) is 9.48. The summed E-state index contributed by atoms with van der Waals surface area (Å²) in [6.45, 7) is 0. The van der Waals surface area contributed by atoms with Crippen molar-refractivity contribution in [2.75, 3.05) is 0 Å². The predicted molar refractivity (Wildman–Crippen MR) is 66.2 cm³/mol. The summed E-state index contributed by atoms with van der Waals surface area (Å²) in [7, 11) is 0. The van der Waals surface area contributed by atoms with E-state index in [1.807, 2.05) is 6.20 Å². The molecule has 1 N–H and O–H groups in total. The van der Waals surface area contributed by atoms with Crippen molar-refractivity contribution in [3.63, 3.8) is 0 Å². The molecule has 88 valence electrons. The van der Waals surface area contributed by atoms with Crippen LogP contribution in [-0.4, -0.2) is 9.91 Å². The normalized spacial score (nSPS) is 16.7. The number of H-pyrrole nitrogens is 1. The summed E-state index contributed by atoms with van der Waals surface area (Å²) in [4.78, 5) is 13.7. The van der Waals surface area contributed by atoms with Gasteiger partial charge in [-0.25, -0.2) is 0 Å². The molecule has 0 radical (unpaired) electrons. The second-order valence-corrected chi connectivity index (χ2v) is 4.71. The van der Waals surface area contributed by atoms with E-state index >= 15 is 0 Å².